The number of rotatable bonds is 5. The van der Waals surface area contributed by atoms with Crippen molar-refractivity contribution in [3.63, 3.8) is 0 Å². The first-order chi connectivity index (χ1) is 17.6. The Kier molecular flexibility index (Phi) is 5.86. The molecule has 1 aliphatic rings. The SMILES string of the molecule is O=C(N[C@H]1CCC[C@@H](n2c(-c3ccccc3O)nc3cnc(-c4nc[nH]n4)cc32)C1)c1ncc(Cl)s1. The van der Waals surface area contributed by atoms with Gasteiger partial charge >= 0.3 is 0 Å². The number of pyridine rings is 1. The summed E-state index contributed by atoms with van der Waals surface area (Å²) in [4.78, 5) is 30.4. The number of nitrogens with one attached hydrogen (secondary N) is 2. The molecular formula is C24H21ClN8O2S. The van der Waals surface area contributed by atoms with Crippen molar-refractivity contribution in [1.29, 1.82) is 0 Å². The van der Waals surface area contributed by atoms with Gasteiger partial charge in [0.2, 0.25) is 0 Å². The van der Waals surface area contributed by atoms with Gasteiger partial charge in [-0.25, -0.2) is 15.0 Å². The van der Waals surface area contributed by atoms with Crippen molar-refractivity contribution in [1.82, 2.24) is 40.0 Å². The Morgan fingerprint density at radius 2 is 2.08 bits per heavy atom. The van der Waals surface area contributed by atoms with Crippen molar-refractivity contribution in [3.8, 4) is 28.7 Å². The van der Waals surface area contributed by atoms with Crippen LogP contribution in [-0.4, -0.2) is 51.8 Å². The highest BCUT2D eigenvalue weighted by Gasteiger charge is 2.29. The van der Waals surface area contributed by atoms with E-state index >= 15 is 0 Å². The van der Waals surface area contributed by atoms with E-state index in [0.717, 1.165) is 36.1 Å². The van der Waals surface area contributed by atoms with Crippen LogP contribution in [0.5, 0.6) is 5.75 Å². The van der Waals surface area contributed by atoms with Gasteiger partial charge < -0.3 is 15.0 Å². The molecule has 1 saturated carbocycles. The summed E-state index contributed by atoms with van der Waals surface area (Å²) in [5.74, 6) is 1.08. The van der Waals surface area contributed by atoms with Crippen LogP contribution in [0.15, 0.2) is 49.1 Å². The third kappa shape index (κ3) is 4.20. The second kappa shape index (κ2) is 9.32. The van der Waals surface area contributed by atoms with Gasteiger partial charge in [0.05, 0.1) is 23.5 Å². The fourth-order valence-electron chi connectivity index (χ4n) is 4.81. The van der Waals surface area contributed by atoms with Crippen molar-refractivity contribution in [3.05, 3.63) is 58.4 Å². The fraction of sp³-hybridized carbons (Fsp3) is 0.250. The monoisotopic (exact) mass is 520 g/mol. The normalized spacial score (nSPS) is 17.9. The van der Waals surface area contributed by atoms with E-state index in [-0.39, 0.29) is 23.7 Å². The van der Waals surface area contributed by atoms with Crippen LogP contribution in [0.1, 0.15) is 41.5 Å². The second-order valence-corrected chi connectivity index (χ2v) is 10.3. The van der Waals surface area contributed by atoms with Crippen LogP contribution in [0.3, 0.4) is 0 Å². The zero-order valence-corrected chi connectivity index (χ0v) is 20.5. The number of hydrogen-bond donors (Lipinski definition) is 3. The number of H-pyrrole nitrogens is 1. The lowest BCUT2D eigenvalue weighted by atomic mass is 9.90. The number of aromatic hydroxyl groups is 1. The molecule has 0 spiro atoms. The molecule has 4 heterocycles. The zero-order valence-electron chi connectivity index (χ0n) is 18.9. The van der Waals surface area contributed by atoms with Crippen molar-refractivity contribution in [2.24, 2.45) is 0 Å². The smallest absolute Gasteiger partial charge is 0.280 e. The summed E-state index contributed by atoms with van der Waals surface area (Å²) in [6.07, 6.45) is 8.10. The van der Waals surface area contributed by atoms with E-state index in [9.17, 15) is 9.90 Å². The van der Waals surface area contributed by atoms with Gasteiger partial charge in [0, 0.05) is 12.1 Å². The largest absolute Gasteiger partial charge is 0.507 e. The highest BCUT2D eigenvalue weighted by atomic mass is 35.5. The molecule has 1 fully saturated rings. The number of thiazole rings is 1. The minimum atomic E-state index is -0.218. The summed E-state index contributed by atoms with van der Waals surface area (Å²) in [7, 11) is 0. The third-order valence-corrected chi connectivity index (χ3v) is 7.50. The zero-order chi connectivity index (χ0) is 24.6. The second-order valence-electron chi connectivity index (χ2n) is 8.66. The summed E-state index contributed by atoms with van der Waals surface area (Å²) in [6.45, 7) is 0. The molecule has 0 saturated heterocycles. The Morgan fingerprint density at radius 1 is 1.19 bits per heavy atom. The highest BCUT2D eigenvalue weighted by molar-refractivity contribution is 7.17. The first-order valence-electron chi connectivity index (χ1n) is 11.5. The number of carbonyl (C=O) groups is 1. The molecular weight excluding hydrogens is 500 g/mol. The van der Waals surface area contributed by atoms with Gasteiger partial charge in [0.15, 0.2) is 10.8 Å². The number of para-hydroxylation sites is 1. The molecule has 1 aromatic carbocycles. The fourth-order valence-corrected chi connectivity index (χ4v) is 5.63. The van der Waals surface area contributed by atoms with E-state index in [4.69, 9.17) is 16.6 Å². The number of benzene rings is 1. The lowest BCUT2D eigenvalue weighted by Gasteiger charge is -2.32. The quantitative estimate of drug-likeness (QED) is 0.308. The van der Waals surface area contributed by atoms with Crippen LogP contribution in [0, 0.1) is 0 Å². The molecule has 4 aromatic heterocycles. The molecule has 12 heteroatoms. The van der Waals surface area contributed by atoms with Gasteiger partial charge in [0.25, 0.3) is 5.91 Å². The van der Waals surface area contributed by atoms with E-state index in [2.05, 4.69) is 35.0 Å². The minimum absolute atomic E-state index is 0.0333. The molecule has 10 nitrogen and oxygen atoms in total. The van der Waals surface area contributed by atoms with E-state index in [1.807, 2.05) is 18.2 Å². The van der Waals surface area contributed by atoms with E-state index in [0.29, 0.717) is 44.2 Å². The molecule has 2 atom stereocenters. The Balaban J connectivity index is 1.40. The Bertz CT molecular complexity index is 1550. The number of amides is 1. The molecule has 6 rings (SSSR count). The van der Waals surface area contributed by atoms with Gasteiger partial charge in [-0.2, -0.15) is 5.10 Å². The van der Waals surface area contributed by atoms with Crippen LogP contribution in [0.4, 0.5) is 0 Å². The lowest BCUT2D eigenvalue weighted by molar-refractivity contribution is 0.0920. The molecule has 182 valence electrons. The molecule has 5 aromatic rings. The van der Waals surface area contributed by atoms with Gasteiger partial charge in [-0.1, -0.05) is 35.1 Å². The predicted molar refractivity (Wildman–Crippen MR) is 136 cm³/mol. The number of fused-ring (bicyclic) bond motifs is 1. The Hall–Kier alpha value is -3.83. The number of hydrogen-bond acceptors (Lipinski definition) is 8. The summed E-state index contributed by atoms with van der Waals surface area (Å²) in [5.41, 5.74) is 2.83. The molecule has 0 radical (unpaired) electrons. The number of imidazole rings is 1. The van der Waals surface area contributed by atoms with Crippen LogP contribution in [0.25, 0.3) is 33.9 Å². The predicted octanol–water partition coefficient (Wildman–Crippen LogP) is 4.61. The summed E-state index contributed by atoms with van der Waals surface area (Å²) < 4.78 is 2.63. The average molecular weight is 521 g/mol. The number of phenols is 1. The molecule has 0 unspecified atom stereocenters. The van der Waals surface area contributed by atoms with E-state index in [1.165, 1.54) is 12.5 Å². The van der Waals surface area contributed by atoms with Crippen LogP contribution < -0.4 is 5.32 Å². The number of carbonyl (C=O) groups excluding carboxylic acids is 1. The van der Waals surface area contributed by atoms with E-state index in [1.54, 1.807) is 18.3 Å². The van der Waals surface area contributed by atoms with Gasteiger partial charge in [-0.15, -0.1) is 0 Å². The van der Waals surface area contributed by atoms with E-state index < -0.39 is 0 Å². The standard InChI is InChI=1S/C24H21ClN8O2S/c25-20-11-27-24(36-20)23(35)30-13-4-3-5-14(8-13)33-18-9-16(21-28-12-29-32-21)26-10-17(18)31-22(33)15-6-1-2-7-19(15)34/h1-2,6-7,9-14,34H,3-5,8H2,(H,30,35)(H,28,29,32)/t13-,14+/m0/s1. The first kappa shape index (κ1) is 22.6. The topological polar surface area (TPSA) is 134 Å². The summed E-state index contributed by atoms with van der Waals surface area (Å²) in [5, 5.41) is 21.0. The van der Waals surface area contributed by atoms with Gasteiger partial charge in [0.1, 0.15) is 33.4 Å². The molecule has 0 aliphatic heterocycles. The number of nitrogens with zero attached hydrogens (tertiary/aromatic N) is 6. The minimum Gasteiger partial charge on any atom is -0.507 e. The van der Waals surface area contributed by atoms with Crippen molar-refractivity contribution in [2.75, 3.05) is 0 Å². The molecule has 3 N–H and O–H groups in total. The van der Waals surface area contributed by atoms with Crippen LogP contribution >= 0.6 is 22.9 Å². The number of halogens is 1. The average Bonchev–Trinajstić information content (AvgIpc) is 3.64. The maximum Gasteiger partial charge on any atom is 0.280 e. The first-order valence-corrected chi connectivity index (χ1v) is 12.7. The Labute approximate surface area is 214 Å². The molecule has 0 bridgehead atoms. The van der Waals surface area contributed by atoms with Gasteiger partial charge in [-0.05, 0) is 43.9 Å². The number of phenolic OH excluding ortho intramolecular Hbond substituents is 1. The van der Waals surface area contributed by atoms with Crippen molar-refractivity contribution in [2.45, 2.75) is 37.8 Å². The lowest BCUT2D eigenvalue weighted by Crippen LogP contribution is -2.39. The molecule has 1 amide bonds. The van der Waals surface area contributed by atoms with Gasteiger partial charge in [-0.3, -0.25) is 14.9 Å². The van der Waals surface area contributed by atoms with Crippen molar-refractivity contribution >= 4 is 39.9 Å². The van der Waals surface area contributed by atoms with Crippen LogP contribution in [0.2, 0.25) is 4.34 Å². The highest BCUT2D eigenvalue weighted by Crippen LogP contribution is 2.39. The number of aromatic amines is 1. The summed E-state index contributed by atoms with van der Waals surface area (Å²) >= 11 is 7.13. The summed E-state index contributed by atoms with van der Waals surface area (Å²) in [6, 6.07) is 9.08. The molecule has 36 heavy (non-hydrogen) atoms. The number of aromatic nitrogens is 7. The maximum absolute atomic E-state index is 12.7. The van der Waals surface area contributed by atoms with Crippen LogP contribution in [-0.2, 0) is 0 Å². The van der Waals surface area contributed by atoms with Crippen molar-refractivity contribution < 1.29 is 9.90 Å². The molecule has 1 aliphatic carbocycles. The maximum atomic E-state index is 12.7. The Morgan fingerprint density at radius 3 is 2.86 bits per heavy atom. The third-order valence-electron chi connectivity index (χ3n) is 6.38.